The van der Waals surface area contributed by atoms with Gasteiger partial charge in [0, 0.05) is 17.0 Å². The standard InChI is InChI=1S/C22H17N3O2S/c1-15-10-11-19(16(2)12-15)20-14-28-22(24-20)18(13-23)8-5-7-17-6-3-4-9-21(17)25(26)27/h3-12,14H,1-2H3/b7-5+,18-8-. The van der Waals surface area contributed by atoms with Gasteiger partial charge in [-0.25, -0.2) is 4.98 Å². The van der Waals surface area contributed by atoms with E-state index in [0.717, 1.165) is 16.8 Å². The molecule has 1 heterocycles. The van der Waals surface area contributed by atoms with E-state index in [1.807, 2.05) is 31.4 Å². The highest BCUT2D eigenvalue weighted by atomic mass is 32.1. The Kier molecular flexibility index (Phi) is 5.78. The molecule has 0 radical (unpaired) electrons. The van der Waals surface area contributed by atoms with Gasteiger partial charge in [-0.1, -0.05) is 42.0 Å². The lowest BCUT2D eigenvalue weighted by Gasteiger charge is -2.03. The third-order valence-electron chi connectivity index (χ3n) is 4.19. The molecule has 138 valence electrons. The van der Waals surface area contributed by atoms with E-state index >= 15 is 0 Å². The van der Waals surface area contributed by atoms with Crippen LogP contribution in [0.25, 0.3) is 22.9 Å². The highest BCUT2D eigenvalue weighted by Gasteiger charge is 2.11. The number of thiazole rings is 1. The molecule has 3 rings (SSSR count). The van der Waals surface area contributed by atoms with Crippen LogP contribution in [-0.4, -0.2) is 9.91 Å². The van der Waals surface area contributed by atoms with Gasteiger partial charge in [-0.3, -0.25) is 10.1 Å². The van der Waals surface area contributed by atoms with Crippen LogP contribution in [0.5, 0.6) is 0 Å². The SMILES string of the molecule is Cc1ccc(-c2csc(/C(C#N)=C\C=C\c3ccccc3[N+](=O)[O-])n2)c(C)c1. The minimum atomic E-state index is -0.425. The molecule has 0 unspecified atom stereocenters. The van der Waals surface area contributed by atoms with Crippen LogP contribution in [0.3, 0.4) is 0 Å². The summed E-state index contributed by atoms with van der Waals surface area (Å²) in [5, 5.41) is 23.1. The fourth-order valence-corrected chi connectivity index (χ4v) is 3.62. The number of hydrogen-bond acceptors (Lipinski definition) is 5. The van der Waals surface area contributed by atoms with Gasteiger partial charge in [0.1, 0.15) is 11.1 Å². The molecule has 28 heavy (non-hydrogen) atoms. The topological polar surface area (TPSA) is 79.8 Å². The largest absolute Gasteiger partial charge is 0.276 e. The summed E-state index contributed by atoms with van der Waals surface area (Å²) in [6.07, 6.45) is 4.88. The van der Waals surface area contributed by atoms with Gasteiger partial charge in [-0.05, 0) is 37.6 Å². The number of hydrogen-bond donors (Lipinski definition) is 0. The van der Waals surface area contributed by atoms with E-state index in [1.165, 1.54) is 23.0 Å². The number of para-hydroxylation sites is 1. The third-order valence-corrected chi connectivity index (χ3v) is 5.06. The van der Waals surface area contributed by atoms with Crippen molar-refractivity contribution in [2.75, 3.05) is 0 Å². The first-order valence-corrected chi connectivity index (χ1v) is 9.43. The second-order valence-corrected chi connectivity index (χ2v) is 7.08. The van der Waals surface area contributed by atoms with Gasteiger partial charge >= 0.3 is 0 Å². The normalized spacial score (nSPS) is 11.5. The van der Waals surface area contributed by atoms with Crippen LogP contribution in [0.2, 0.25) is 0 Å². The fourth-order valence-electron chi connectivity index (χ4n) is 2.82. The van der Waals surface area contributed by atoms with Crippen LogP contribution in [0.4, 0.5) is 5.69 Å². The van der Waals surface area contributed by atoms with Gasteiger partial charge < -0.3 is 0 Å². The molecule has 5 nitrogen and oxygen atoms in total. The van der Waals surface area contributed by atoms with Crippen LogP contribution in [0, 0.1) is 35.3 Å². The molecule has 1 aromatic heterocycles. The van der Waals surface area contributed by atoms with Gasteiger partial charge in [-0.15, -0.1) is 11.3 Å². The van der Waals surface area contributed by atoms with E-state index in [4.69, 9.17) is 0 Å². The van der Waals surface area contributed by atoms with Crippen molar-refractivity contribution < 1.29 is 4.92 Å². The first kappa shape index (κ1) is 19.2. The van der Waals surface area contributed by atoms with Crippen molar-refractivity contribution in [2.24, 2.45) is 0 Å². The molecule has 0 aliphatic rings. The Morgan fingerprint density at radius 1 is 1.25 bits per heavy atom. The van der Waals surface area contributed by atoms with Crippen LogP contribution >= 0.6 is 11.3 Å². The lowest BCUT2D eigenvalue weighted by atomic mass is 10.0. The van der Waals surface area contributed by atoms with Gasteiger partial charge in [0.25, 0.3) is 5.69 Å². The van der Waals surface area contributed by atoms with Gasteiger partial charge in [0.15, 0.2) is 0 Å². The number of nitrogens with zero attached hydrogens (tertiary/aromatic N) is 3. The maximum Gasteiger partial charge on any atom is 0.276 e. The molecule has 0 atom stereocenters. The Labute approximate surface area is 167 Å². The Hall–Kier alpha value is -3.56. The number of nitriles is 1. The van der Waals surface area contributed by atoms with E-state index in [9.17, 15) is 15.4 Å². The number of allylic oxidation sites excluding steroid dienone is 3. The minimum absolute atomic E-state index is 0.0250. The Morgan fingerprint density at radius 2 is 2.04 bits per heavy atom. The molecule has 0 N–H and O–H groups in total. The molecule has 0 bridgehead atoms. The Balaban J connectivity index is 1.88. The van der Waals surface area contributed by atoms with Crippen molar-refractivity contribution in [3.63, 3.8) is 0 Å². The molecular formula is C22H17N3O2S. The maximum absolute atomic E-state index is 11.1. The van der Waals surface area contributed by atoms with Gasteiger partial charge in [-0.2, -0.15) is 5.26 Å². The van der Waals surface area contributed by atoms with Crippen molar-refractivity contribution in [3.8, 4) is 17.3 Å². The monoisotopic (exact) mass is 387 g/mol. The summed E-state index contributed by atoms with van der Waals surface area (Å²) in [5.74, 6) is 0. The van der Waals surface area contributed by atoms with Gasteiger partial charge in [0.05, 0.1) is 21.8 Å². The molecular weight excluding hydrogens is 370 g/mol. The predicted molar refractivity (Wildman–Crippen MR) is 113 cm³/mol. The van der Waals surface area contributed by atoms with Crippen molar-refractivity contribution in [2.45, 2.75) is 13.8 Å². The summed E-state index contributed by atoms with van der Waals surface area (Å²) in [6.45, 7) is 4.08. The van der Waals surface area contributed by atoms with Crippen LogP contribution in [0.15, 0.2) is 60.0 Å². The average Bonchev–Trinajstić information content (AvgIpc) is 3.15. The maximum atomic E-state index is 11.1. The molecule has 2 aromatic carbocycles. The second-order valence-electron chi connectivity index (χ2n) is 6.22. The molecule has 0 fully saturated rings. The van der Waals surface area contributed by atoms with E-state index < -0.39 is 4.92 Å². The van der Waals surface area contributed by atoms with Crippen molar-refractivity contribution in [1.29, 1.82) is 5.26 Å². The molecule has 0 amide bonds. The van der Waals surface area contributed by atoms with E-state index in [-0.39, 0.29) is 5.69 Å². The first-order valence-electron chi connectivity index (χ1n) is 8.55. The molecule has 0 spiro atoms. The first-order chi connectivity index (χ1) is 13.5. The molecule has 0 aliphatic heterocycles. The molecule has 0 aliphatic carbocycles. The zero-order valence-corrected chi connectivity index (χ0v) is 16.2. The van der Waals surface area contributed by atoms with E-state index in [0.29, 0.717) is 16.1 Å². The number of benzene rings is 2. The fraction of sp³-hybridized carbons (Fsp3) is 0.0909. The number of aromatic nitrogens is 1. The average molecular weight is 387 g/mol. The van der Waals surface area contributed by atoms with E-state index in [1.54, 1.807) is 36.4 Å². The molecule has 0 saturated carbocycles. The van der Waals surface area contributed by atoms with Crippen LogP contribution < -0.4 is 0 Å². The smallest absolute Gasteiger partial charge is 0.258 e. The van der Waals surface area contributed by atoms with Crippen LogP contribution in [-0.2, 0) is 0 Å². The van der Waals surface area contributed by atoms with E-state index in [2.05, 4.69) is 17.1 Å². The minimum Gasteiger partial charge on any atom is -0.258 e. The molecule has 3 aromatic rings. The Bertz CT molecular complexity index is 1140. The molecule has 6 heteroatoms. The summed E-state index contributed by atoms with van der Waals surface area (Å²) in [7, 11) is 0. The van der Waals surface area contributed by atoms with Crippen molar-refractivity contribution in [3.05, 3.63) is 91.8 Å². The quantitative estimate of drug-likeness (QED) is 0.234. The predicted octanol–water partition coefficient (Wildman–Crippen LogP) is 5.96. The zero-order chi connectivity index (χ0) is 20.1. The third kappa shape index (κ3) is 4.22. The van der Waals surface area contributed by atoms with Crippen LogP contribution in [0.1, 0.15) is 21.7 Å². The zero-order valence-electron chi connectivity index (χ0n) is 15.4. The lowest BCUT2D eigenvalue weighted by molar-refractivity contribution is -0.385. The summed E-state index contributed by atoms with van der Waals surface area (Å²) in [4.78, 5) is 15.3. The lowest BCUT2D eigenvalue weighted by Crippen LogP contribution is -1.90. The number of aryl methyl sites for hydroxylation is 2. The number of rotatable bonds is 5. The second kappa shape index (κ2) is 8.42. The summed E-state index contributed by atoms with van der Waals surface area (Å²) < 4.78 is 0. The van der Waals surface area contributed by atoms with Gasteiger partial charge in [0.2, 0.25) is 0 Å². The van der Waals surface area contributed by atoms with Crippen molar-refractivity contribution >= 4 is 28.7 Å². The summed E-state index contributed by atoms with van der Waals surface area (Å²) in [5.41, 5.74) is 5.12. The highest BCUT2D eigenvalue weighted by Crippen LogP contribution is 2.29. The highest BCUT2D eigenvalue weighted by molar-refractivity contribution is 7.11. The number of nitro groups is 1. The summed E-state index contributed by atoms with van der Waals surface area (Å²) >= 11 is 1.40. The Morgan fingerprint density at radius 3 is 2.75 bits per heavy atom. The molecule has 0 saturated heterocycles. The number of nitro benzene ring substituents is 1. The van der Waals surface area contributed by atoms with Crippen molar-refractivity contribution in [1.82, 2.24) is 4.98 Å². The summed E-state index contributed by atoms with van der Waals surface area (Å²) in [6, 6.07) is 14.8.